The average molecular weight is 300 g/mol. The molecule has 1 N–H and O–H groups in total. The molecule has 0 aliphatic carbocycles. The van der Waals surface area contributed by atoms with Crippen LogP contribution in [0.1, 0.15) is 36.5 Å². The molecule has 0 spiro atoms. The van der Waals surface area contributed by atoms with Crippen molar-refractivity contribution in [2.24, 2.45) is 0 Å². The Morgan fingerprint density at radius 3 is 2.73 bits per heavy atom. The molecular formula is C16H20N4O2. The minimum absolute atomic E-state index is 0.0404. The van der Waals surface area contributed by atoms with Gasteiger partial charge < -0.3 is 5.32 Å². The first-order chi connectivity index (χ1) is 10.5. The van der Waals surface area contributed by atoms with Gasteiger partial charge in [-0.2, -0.15) is 4.98 Å². The van der Waals surface area contributed by atoms with Crippen molar-refractivity contribution in [2.45, 2.75) is 39.8 Å². The van der Waals surface area contributed by atoms with Gasteiger partial charge in [-0.3, -0.25) is 14.3 Å². The molecule has 0 saturated carbocycles. The molecule has 0 unspecified atom stereocenters. The molecule has 0 fully saturated rings. The normalized spacial score (nSPS) is 12.0. The second-order valence-corrected chi connectivity index (χ2v) is 5.19. The SMILES string of the molecule is CC[C@@H](NC(=O)Cn1c(C)cc(C)nc1=O)c1ccccn1. The lowest BCUT2D eigenvalue weighted by molar-refractivity contribution is -0.122. The second kappa shape index (κ2) is 6.98. The second-order valence-electron chi connectivity index (χ2n) is 5.19. The summed E-state index contributed by atoms with van der Waals surface area (Å²) in [6.45, 7) is 5.48. The average Bonchev–Trinajstić information content (AvgIpc) is 2.49. The zero-order valence-corrected chi connectivity index (χ0v) is 13.0. The van der Waals surface area contributed by atoms with E-state index in [0.29, 0.717) is 5.69 Å². The van der Waals surface area contributed by atoms with Gasteiger partial charge in [-0.25, -0.2) is 4.79 Å². The van der Waals surface area contributed by atoms with Crippen molar-refractivity contribution in [3.8, 4) is 0 Å². The highest BCUT2D eigenvalue weighted by Gasteiger charge is 2.15. The fourth-order valence-corrected chi connectivity index (χ4v) is 2.32. The number of nitrogens with zero attached hydrogens (tertiary/aromatic N) is 3. The first-order valence-corrected chi connectivity index (χ1v) is 7.26. The van der Waals surface area contributed by atoms with Crippen molar-refractivity contribution < 1.29 is 4.79 Å². The van der Waals surface area contributed by atoms with Gasteiger partial charge >= 0.3 is 5.69 Å². The van der Waals surface area contributed by atoms with E-state index in [1.54, 1.807) is 26.1 Å². The molecule has 2 rings (SSSR count). The fraction of sp³-hybridized carbons (Fsp3) is 0.375. The number of carbonyl (C=O) groups is 1. The van der Waals surface area contributed by atoms with Crippen LogP contribution in [0.4, 0.5) is 0 Å². The lowest BCUT2D eigenvalue weighted by Crippen LogP contribution is -2.36. The van der Waals surface area contributed by atoms with E-state index < -0.39 is 5.69 Å². The van der Waals surface area contributed by atoms with Crippen LogP contribution in [0.15, 0.2) is 35.3 Å². The molecule has 6 heteroatoms. The Morgan fingerprint density at radius 2 is 2.14 bits per heavy atom. The number of carbonyl (C=O) groups excluding carboxylic acids is 1. The number of hydrogen-bond acceptors (Lipinski definition) is 4. The van der Waals surface area contributed by atoms with E-state index in [0.717, 1.165) is 17.8 Å². The van der Waals surface area contributed by atoms with E-state index in [9.17, 15) is 9.59 Å². The van der Waals surface area contributed by atoms with Crippen LogP contribution in [0.25, 0.3) is 0 Å². The lowest BCUT2D eigenvalue weighted by atomic mass is 10.1. The molecule has 0 aliphatic rings. The Balaban J connectivity index is 2.12. The molecule has 2 aromatic heterocycles. The molecule has 1 amide bonds. The molecule has 22 heavy (non-hydrogen) atoms. The molecule has 0 bridgehead atoms. The van der Waals surface area contributed by atoms with Gasteiger partial charge in [0.05, 0.1) is 11.7 Å². The largest absolute Gasteiger partial charge is 0.348 e. The maximum Gasteiger partial charge on any atom is 0.348 e. The van der Waals surface area contributed by atoms with Gasteiger partial charge in [0.2, 0.25) is 5.91 Å². The van der Waals surface area contributed by atoms with Crippen molar-refractivity contribution in [3.05, 3.63) is 58.0 Å². The first-order valence-electron chi connectivity index (χ1n) is 7.26. The van der Waals surface area contributed by atoms with Gasteiger partial charge in [0.25, 0.3) is 0 Å². The van der Waals surface area contributed by atoms with Crippen molar-refractivity contribution in [2.75, 3.05) is 0 Å². The van der Waals surface area contributed by atoms with Crippen molar-refractivity contribution in [1.82, 2.24) is 19.9 Å². The summed E-state index contributed by atoms with van der Waals surface area (Å²) < 4.78 is 1.37. The summed E-state index contributed by atoms with van der Waals surface area (Å²) >= 11 is 0. The number of amides is 1. The molecule has 2 aromatic rings. The van der Waals surface area contributed by atoms with E-state index in [-0.39, 0.29) is 18.5 Å². The van der Waals surface area contributed by atoms with Crippen LogP contribution in [-0.2, 0) is 11.3 Å². The Labute approximate surface area is 129 Å². The summed E-state index contributed by atoms with van der Waals surface area (Å²) in [5.74, 6) is -0.228. The van der Waals surface area contributed by atoms with Crippen LogP contribution in [0.2, 0.25) is 0 Å². The van der Waals surface area contributed by atoms with E-state index in [2.05, 4.69) is 15.3 Å². The van der Waals surface area contributed by atoms with Crippen LogP contribution < -0.4 is 11.0 Å². The van der Waals surface area contributed by atoms with Gasteiger partial charge in [0.15, 0.2) is 0 Å². The Morgan fingerprint density at radius 1 is 1.36 bits per heavy atom. The smallest absolute Gasteiger partial charge is 0.346 e. The van der Waals surface area contributed by atoms with Gasteiger partial charge in [-0.15, -0.1) is 0 Å². The Kier molecular flexibility index (Phi) is 5.04. The monoisotopic (exact) mass is 300 g/mol. The highest BCUT2D eigenvalue weighted by molar-refractivity contribution is 5.76. The zero-order chi connectivity index (χ0) is 16.1. The quantitative estimate of drug-likeness (QED) is 0.908. The molecule has 0 aromatic carbocycles. The molecule has 2 heterocycles. The van der Waals surface area contributed by atoms with E-state index >= 15 is 0 Å². The standard InChI is InChI=1S/C16H20N4O2/c1-4-13(14-7-5-6-8-17-14)19-15(21)10-20-12(3)9-11(2)18-16(20)22/h5-9,13H,4,10H2,1-3H3,(H,19,21)/t13-/m1/s1. The summed E-state index contributed by atoms with van der Waals surface area (Å²) in [5, 5.41) is 2.91. The lowest BCUT2D eigenvalue weighted by Gasteiger charge is -2.17. The number of rotatable bonds is 5. The minimum atomic E-state index is -0.404. The maximum absolute atomic E-state index is 12.2. The molecular weight excluding hydrogens is 280 g/mol. The summed E-state index contributed by atoms with van der Waals surface area (Å²) in [6, 6.07) is 7.21. The minimum Gasteiger partial charge on any atom is -0.346 e. The molecule has 0 saturated heterocycles. The number of pyridine rings is 1. The number of aryl methyl sites for hydroxylation is 2. The Bertz CT molecular complexity index is 710. The third-order valence-corrected chi connectivity index (χ3v) is 3.44. The van der Waals surface area contributed by atoms with Crippen molar-refractivity contribution >= 4 is 5.91 Å². The Hall–Kier alpha value is -2.50. The van der Waals surface area contributed by atoms with E-state index in [4.69, 9.17) is 0 Å². The van der Waals surface area contributed by atoms with Crippen LogP contribution in [-0.4, -0.2) is 20.4 Å². The van der Waals surface area contributed by atoms with Crippen LogP contribution in [0, 0.1) is 13.8 Å². The predicted octanol–water partition coefficient (Wildman–Crippen LogP) is 1.52. The summed E-state index contributed by atoms with van der Waals surface area (Å²) in [7, 11) is 0. The molecule has 116 valence electrons. The van der Waals surface area contributed by atoms with E-state index in [1.807, 2.05) is 25.1 Å². The van der Waals surface area contributed by atoms with Crippen LogP contribution in [0.5, 0.6) is 0 Å². The van der Waals surface area contributed by atoms with Crippen molar-refractivity contribution in [3.63, 3.8) is 0 Å². The highest BCUT2D eigenvalue weighted by atomic mass is 16.2. The number of hydrogen-bond donors (Lipinski definition) is 1. The third kappa shape index (κ3) is 3.78. The van der Waals surface area contributed by atoms with Crippen molar-refractivity contribution in [1.29, 1.82) is 0 Å². The van der Waals surface area contributed by atoms with Gasteiger partial charge in [0, 0.05) is 17.6 Å². The number of aromatic nitrogens is 3. The summed E-state index contributed by atoms with van der Waals surface area (Å²) in [4.78, 5) is 32.2. The fourth-order valence-electron chi connectivity index (χ4n) is 2.32. The van der Waals surface area contributed by atoms with Gasteiger partial charge in [0.1, 0.15) is 6.54 Å². The summed E-state index contributed by atoms with van der Waals surface area (Å²) in [5.41, 5.74) is 1.78. The van der Waals surface area contributed by atoms with E-state index in [1.165, 1.54) is 4.57 Å². The molecule has 6 nitrogen and oxygen atoms in total. The summed E-state index contributed by atoms with van der Waals surface area (Å²) in [6.07, 6.45) is 2.42. The third-order valence-electron chi connectivity index (χ3n) is 3.44. The predicted molar refractivity (Wildman–Crippen MR) is 83.4 cm³/mol. The highest BCUT2D eigenvalue weighted by Crippen LogP contribution is 2.13. The number of nitrogens with one attached hydrogen (secondary N) is 1. The van der Waals surface area contributed by atoms with Crippen LogP contribution in [0.3, 0.4) is 0 Å². The first kappa shape index (κ1) is 15.9. The van der Waals surface area contributed by atoms with Gasteiger partial charge in [-0.05, 0) is 38.5 Å². The zero-order valence-electron chi connectivity index (χ0n) is 13.0. The maximum atomic E-state index is 12.2. The molecule has 0 radical (unpaired) electrons. The molecule has 1 atom stereocenters. The van der Waals surface area contributed by atoms with Crippen LogP contribution >= 0.6 is 0 Å². The van der Waals surface area contributed by atoms with Gasteiger partial charge in [-0.1, -0.05) is 13.0 Å². The topological polar surface area (TPSA) is 76.9 Å². The molecule has 0 aliphatic heterocycles.